The van der Waals surface area contributed by atoms with Gasteiger partial charge in [0.15, 0.2) is 5.75 Å². The van der Waals surface area contributed by atoms with Crippen molar-refractivity contribution in [1.82, 2.24) is 9.97 Å². The highest BCUT2D eigenvalue weighted by molar-refractivity contribution is 5.71. The molecule has 13 heavy (non-hydrogen) atoms. The molecule has 1 aromatic heterocycles. The van der Waals surface area contributed by atoms with Crippen molar-refractivity contribution in [3.8, 4) is 5.75 Å². The first kappa shape index (κ1) is 9.44. The van der Waals surface area contributed by atoms with Gasteiger partial charge in [-0.1, -0.05) is 0 Å². The fraction of sp³-hybridized carbons (Fsp3) is 0.375. The third-order valence-corrected chi connectivity index (χ3v) is 1.30. The largest absolute Gasteiger partial charge is 0.505 e. The minimum atomic E-state index is -0.367. The van der Waals surface area contributed by atoms with E-state index < -0.39 is 0 Å². The molecule has 0 aliphatic rings. The van der Waals surface area contributed by atoms with E-state index in [0.29, 0.717) is 12.4 Å². The van der Waals surface area contributed by atoms with Crippen molar-refractivity contribution >= 4 is 5.97 Å². The van der Waals surface area contributed by atoms with Crippen molar-refractivity contribution in [2.75, 3.05) is 6.61 Å². The summed E-state index contributed by atoms with van der Waals surface area (Å²) in [5.74, 6) is -0.0444. The lowest BCUT2D eigenvalue weighted by Crippen LogP contribution is -2.09. The molecule has 0 aromatic carbocycles. The van der Waals surface area contributed by atoms with E-state index in [4.69, 9.17) is 9.84 Å². The number of esters is 1. The predicted molar refractivity (Wildman–Crippen MR) is 44.0 cm³/mol. The summed E-state index contributed by atoms with van der Waals surface area (Å²) >= 11 is 0. The Balaban J connectivity index is 2.54. The van der Waals surface area contributed by atoms with Gasteiger partial charge in [0, 0.05) is 0 Å². The second-order valence-electron chi connectivity index (χ2n) is 2.34. The number of nitrogens with zero attached hydrogens (tertiary/aromatic N) is 2. The third kappa shape index (κ3) is 3.06. The molecule has 0 spiro atoms. The van der Waals surface area contributed by atoms with Crippen molar-refractivity contribution in [2.45, 2.75) is 13.3 Å². The van der Waals surface area contributed by atoms with E-state index in [9.17, 15) is 4.79 Å². The number of ether oxygens (including phenoxy) is 1. The van der Waals surface area contributed by atoms with Gasteiger partial charge in [-0.25, -0.2) is 9.97 Å². The van der Waals surface area contributed by atoms with Crippen LogP contribution in [-0.2, 0) is 16.0 Å². The van der Waals surface area contributed by atoms with Crippen molar-refractivity contribution in [3.63, 3.8) is 0 Å². The van der Waals surface area contributed by atoms with Gasteiger partial charge >= 0.3 is 5.97 Å². The summed E-state index contributed by atoms with van der Waals surface area (Å²) in [6.45, 7) is 2.08. The molecule has 0 amide bonds. The van der Waals surface area contributed by atoms with Crippen LogP contribution in [0.2, 0.25) is 0 Å². The van der Waals surface area contributed by atoms with Crippen LogP contribution in [0.4, 0.5) is 0 Å². The van der Waals surface area contributed by atoms with Gasteiger partial charge in [-0.2, -0.15) is 0 Å². The second kappa shape index (κ2) is 4.39. The topological polar surface area (TPSA) is 72.3 Å². The van der Waals surface area contributed by atoms with E-state index in [1.165, 1.54) is 12.4 Å². The standard InChI is InChI=1S/C8H10N2O3/c1-2-13-8(12)3-7-9-4-6(11)5-10-7/h4-5,11H,2-3H2,1H3. The highest BCUT2D eigenvalue weighted by Crippen LogP contribution is 2.02. The Morgan fingerprint density at radius 1 is 1.54 bits per heavy atom. The van der Waals surface area contributed by atoms with Gasteiger partial charge in [0.2, 0.25) is 0 Å². The Morgan fingerprint density at radius 3 is 2.69 bits per heavy atom. The lowest BCUT2D eigenvalue weighted by molar-refractivity contribution is -0.142. The minimum Gasteiger partial charge on any atom is -0.505 e. The average molecular weight is 182 g/mol. The average Bonchev–Trinajstić information content (AvgIpc) is 2.09. The predicted octanol–water partition coefficient (Wildman–Crippen LogP) is 0.288. The molecule has 5 heteroatoms. The number of carbonyl (C=O) groups excluding carboxylic acids is 1. The van der Waals surface area contributed by atoms with E-state index in [-0.39, 0.29) is 18.1 Å². The maximum Gasteiger partial charge on any atom is 0.313 e. The van der Waals surface area contributed by atoms with Crippen LogP contribution in [-0.4, -0.2) is 27.7 Å². The van der Waals surface area contributed by atoms with E-state index in [0.717, 1.165) is 0 Å². The molecule has 0 saturated heterocycles. The van der Waals surface area contributed by atoms with Crippen LogP contribution in [0.25, 0.3) is 0 Å². The normalized spacial score (nSPS) is 9.62. The maximum absolute atomic E-state index is 10.9. The van der Waals surface area contributed by atoms with Crippen molar-refractivity contribution < 1.29 is 14.6 Å². The van der Waals surface area contributed by atoms with Crippen molar-refractivity contribution in [3.05, 3.63) is 18.2 Å². The summed E-state index contributed by atoms with van der Waals surface area (Å²) in [5, 5.41) is 8.85. The fourth-order valence-corrected chi connectivity index (χ4v) is 0.780. The fourth-order valence-electron chi connectivity index (χ4n) is 0.780. The lowest BCUT2D eigenvalue weighted by Gasteiger charge is -1.99. The Bertz CT molecular complexity index is 284. The first-order valence-electron chi connectivity index (χ1n) is 3.88. The van der Waals surface area contributed by atoms with Crippen LogP contribution < -0.4 is 0 Å². The zero-order valence-corrected chi connectivity index (χ0v) is 7.23. The Hall–Kier alpha value is -1.65. The van der Waals surface area contributed by atoms with Crippen molar-refractivity contribution in [2.24, 2.45) is 0 Å². The Labute approximate surface area is 75.4 Å². The van der Waals surface area contributed by atoms with E-state index in [1.54, 1.807) is 6.92 Å². The smallest absolute Gasteiger partial charge is 0.313 e. The lowest BCUT2D eigenvalue weighted by atomic mass is 10.4. The van der Waals surface area contributed by atoms with Gasteiger partial charge in [-0.15, -0.1) is 0 Å². The molecule has 5 nitrogen and oxygen atoms in total. The molecule has 0 unspecified atom stereocenters. The summed E-state index contributed by atoms with van der Waals surface area (Å²) < 4.78 is 4.69. The van der Waals surface area contributed by atoms with Crippen molar-refractivity contribution in [1.29, 1.82) is 0 Å². The van der Waals surface area contributed by atoms with Gasteiger partial charge in [-0.05, 0) is 6.92 Å². The minimum absolute atomic E-state index is 0.0207. The number of aromatic nitrogens is 2. The number of carbonyl (C=O) groups is 1. The van der Waals surface area contributed by atoms with Gasteiger partial charge in [0.25, 0.3) is 0 Å². The van der Waals surface area contributed by atoms with Crippen LogP contribution >= 0.6 is 0 Å². The van der Waals surface area contributed by atoms with E-state index in [1.807, 2.05) is 0 Å². The molecule has 0 radical (unpaired) electrons. The zero-order chi connectivity index (χ0) is 9.68. The summed E-state index contributed by atoms with van der Waals surface area (Å²) in [6.07, 6.45) is 2.51. The number of aromatic hydroxyl groups is 1. The molecule has 0 aliphatic carbocycles. The van der Waals surface area contributed by atoms with Gasteiger partial charge < -0.3 is 9.84 Å². The number of rotatable bonds is 3. The molecule has 1 rings (SSSR count). The van der Waals surface area contributed by atoms with Gasteiger partial charge in [0.1, 0.15) is 12.2 Å². The second-order valence-corrected chi connectivity index (χ2v) is 2.34. The van der Waals surface area contributed by atoms with Gasteiger partial charge in [0.05, 0.1) is 19.0 Å². The van der Waals surface area contributed by atoms with Gasteiger partial charge in [-0.3, -0.25) is 4.79 Å². The number of hydrogen-bond acceptors (Lipinski definition) is 5. The highest BCUT2D eigenvalue weighted by atomic mass is 16.5. The molecule has 0 saturated carbocycles. The maximum atomic E-state index is 10.9. The Kier molecular flexibility index (Phi) is 3.19. The third-order valence-electron chi connectivity index (χ3n) is 1.30. The zero-order valence-electron chi connectivity index (χ0n) is 7.23. The molecule has 0 aliphatic heterocycles. The highest BCUT2D eigenvalue weighted by Gasteiger charge is 2.05. The molecule has 1 heterocycles. The molecular weight excluding hydrogens is 172 g/mol. The summed E-state index contributed by atoms with van der Waals surface area (Å²) in [7, 11) is 0. The number of hydrogen-bond donors (Lipinski definition) is 1. The van der Waals surface area contributed by atoms with Crippen LogP contribution in [0.15, 0.2) is 12.4 Å². The summed E-state index contributed by atoms with van der Waals surface area (Å²) in [5.41, 5.74) is 0. The van der Waals surface area contributed by atoms with E-state index >= 15 is 0 Å². The monoisotopic (exact) mass is 182 g/mol. The van der Waals surface area contributed by atoms with Crippen LogP contribution in [0.5, 0.6) is 5.75 Å². The molecule has 1 N–H and O–H groups in total. The SMILES string of the molecule is CCOC(=O)Cc1ncc(O)cn1. The quantitative estimate of drug-likeness (QED) is 0.680. The van der Waals surface area contributed by atoms with Crippen LogP contribution in [0, 0.1) is 0 Å². The summed E-state index contributed by atoms with van der Waals surface area (Å²) in [4.78, 5) is 18.4. The summed E-state index contributed by atoms with van der Waals surface area (Å²) in [6, 6.07) is 0. The molecular formula is C8H10N2O3. The van der Waals surface area contributed by atoms with Crippen LogP contribution in [0.3, 0.4) is 0 Å². The molecule has 0 bridgehead atoms. The molecule has 1 aromatic rings. The molecule has 0 fully saturated rings. The first-order valence-corrected chi connectivity index (χ1v) is 3.88. The van der Waals surface area contributed by atoms with Crippen LogP contribution in [0.1, 0.15) is 12.7 Å². The first-order chi connectivity index (χ1) is 6.22. The van der Waals surface area contributed by atoms with E-state index in [2.05, 4.69) is 9.97 Å². The molecule has 0 atom stereocenters. The Morgan fingerprint density at radius 2 is 2.15 bits per heavy atom. The molecule has 70 valence electrons.